The number of hydrogen-bond donors (Lipinski definition) is 3. The van der Waals surface area contributed by atoms with Crippen molar-refractivity contribution in [2.45, 2.75) is 12.6 Å². The molecule has 0 spiro atoms. The van der Waals surface area contributed by atoms with E-state index < -0.39 is 0 Å². The van der Waals surface area contributed by atoms with Crippen molar-refractivity contribution in [1.82, 2.24) is 14.9 Å². The minimum Gasteiger partial charge on any atom is -0.395 e. The highest BCUT2D eigenvalue weighted by Crippen LogP contribution is 2.28. The maximum absolute atomic E-state index is 9.09. The number of nitrogens with two attached hydrogens (primary N) is 1. The van der Waals surface area contributed by atoms with Crippen LogP contribution < -0.4 is 5.73 Å². The summed E-state index contributed by atoms with van der Waals surface area (Å²) < 4.78 is 0. The van der Waals surface area contributed by atoms with Crippen LogP contribution in [0.1, 0.15) is 22.4 Å². The molecule has 4 N–H and O–H groups in total. The van der Waals surface area contributed by atoms with E-state index >= 15 is 0 Å². The average molecular weight is 266 g/mol. The van der Waals surface area contributed by atoms with E-state index in [9.17, 15) is 0 Å². The Morgan fingerprint density at radius 2 is 2.44 bits per heavy atom. The highest BCUT2D eigenvalue weighted by molar-refractivity contribution is 7.09. The summed E-state index contributed by atoms with van der Waals surface area (Å²) in [7, 11) is 1.98. The van der Waals surface area contributed by atoms with E-state index in [1.165, 1.54) is 0 Å². The van der Waals surface area contributed by atoms with Gasteiger partial charge in [-0.1, -0.05) is 0 Å². The van der Waals surface area contributed by atoms with Gasteiger partial charge < -0.3 is 15.8 Å². The van der Waals surface area contributed by atoms with Crippen LogP contribution in [0.2, 0.25) is 0 Å². The first kappa shape index (κ1) is 13.2. The fourth-order valence-electron chi connectivity index (χ4n) is 1.90. The van der Waals surface area contributed by atoms with Gasteiger partial charge in [0.05, 0.1) is 12.3 Å². The Labute approximate surface area is 110 Å². The van der Waals surface area contributed by atoms with Gasteiger partial charge in [0.2, 0.25) is 0 Å². The second kappa shape index (κ2) is 6.10. The Kier molecular flexibility index (Phi) is 4.48. The number of thiazole rings is 1. The number of aliphatic hydroxyl groups is 1. The van der Waals surface area contributed by atoms with Gasteiger partial charge in [-0.3, -0.25) is 4.90 Å². The van der Waals surface area contributed by atoms with Crippen LogP contribution in [0.15, 0.2) is 23.7 Å². The molecule has 0 aliphatic carbocycles. The lowest BCUT2D eigenvalue weighted by Gasteiger charge is -2.24. The topological polar surface area (TPSA) is 78.2 Å². The van der Waals surface area contributed by atoms with E-state index in [0.29, 0.717) is 13.1 Å². The van der Waals surface area contributed by atoms with E-state index in [-0.39, 0.29) is 12.6 Å². The first-order chi connectivity index (χ1) is 8.76. The van der Waals surface area contributed by atoms with Crippen LogP contribution in [-0.4, -0.2) is 40.2 Å². The second-order valence-corrected chi connectivity index (χ2v) is 5.00. The summed E-state index contributed by atoms with van der Waals surface area (Å²) in [5.41, 5.74) is 7.58. The lowest BCUT2D eigenvalue weighted by atomic mass is 10.2. The molecule has 2 heterocycles. The number of aromatic amines is 1. The first-order valence-electron chi connectivity index (χ1n) is 5.85. The van der Waals surface area contributed by atoms with Crippen LogP contribution in [0, 0.1) is 0 Å². The van der Waals surface area contributed by atoms with Crippen molar-refractivity contribution in [3.63, 3.8) is 0 Å². The monoisotopic (exact) mass is 266 g/mol. The smallest absolute Gasteiger partial charge is 0.116 e. The molecule has 2 aromatic heterocycles. The molecule has 2 aromatic rings. The molecule has 1 atom stereocenters. The number of aliphatic hydroxyl groups excluding tert-OH is 1. The largest absolute Gasteiger partial charge is 0.395 e. The van der Waals surface area contributed by atoms with Crippen LogP contribution in [0.5, 0.6) is 0 Å². The van der Waals surface area contributed by atoms with Crippen LogP contribution in [0.25, 0.3) is 0 Å². The summed E-state index contributed by atoms with van der Waals surface area (Å²) in [6.07, 6.45) is 1.90. The van der Waals surface area contributed by atoms with Crippen molar-refractivity contribution >= 4 is 11.3 Å². The van der Waals surface area contributed by atoms with Crippen molar-refractivity contribution in [3.05, 3.63) is 40.1 Å². The van der Waals surface area contributed by atoms with Crippen LogP contribution in [0.3, 0.4) is 0 Å². The van der Waals surface area contributed by atoms with Gasteiger partial charge in [0.15, 0.2) is 0 Å². The third kappa shape index (κ3) is 2.78. The molecule has 0 aliphatic rings. The number of hydrogen-bond acceptors (Lipinski definition) is 5. The first-order valence-corrected chi connectivity index (χ1v) is 6.73. The van der Waals surface area contributed by atoms with Crippen molar-refractivity contribution in [3.8, 4) is 0 Å². The van der Waals surface area contributed by atoms with Crippen molar-refractivity contribution in [2.75, 3.05) is 20.2 Å². The molecule has 2 rings (SSSR count). The Morgan fingerprint density at radius 1 is 1.61 bits per heavy atom. The predicted molar refractivity (Wildman–Crippen MR) is 72.4 cm³/mol. The minimum atomic E-state index is 0.0393. The number of H-pyrrole nitrogens is 1. The predicted octanol–water partition coefficient (Wildman–Crippen LogP) is 0.943. The maximum Gasteiger partial charge on any atom is 0.116 e. The SMILES string of the molecule is CN(CCO)C(c1ccc[nH]1)c1nc(CN)cs1. The summed E-state index contributed by atoms with van der Waals surface area (Å²) in [5, 5.41) is 12.1. The zero-order valence-corrected chi connectivity index (χ0v) is 11.2. The summed E-state index contributed by atoms with van der Waals surface area (Å²) in [6.45, 7) is 1.18. The van der Waals surface area contributed by atoms with Crippen LogP contribution in [0.4, 0.5) is 0 Å². The number of likely N-dealkylation sites (N-methyl/N-ethyl adjacent to an activating group) is 1. The van der Waals surface area contributed by atoms with Crippen molar-refractivity contribution < 1.29 is 5.11 Å². The Hall–Kier alpha value is -1.21. The van der Waals surface area contributed by atoms with Gasteiger partial charge in [-0.15, -0.1) is 11.3 Å². The zero-order chi connectivity index (χ0) is 13.0. The van der Waals surface area contributed by atoms with Gasteiger partial charge in [-0.2, -0.15) is 0 Å². The van der Waals surface area contributed by atoms with Crippen LogP contribution >= 0.6 is 11.3 Å². The summed E-state index contributed by atoms with van der Waals surface area (Å²) >= 11 is 1.60. The molecule has 0 bridgehead atoms. The lowest BCUT2D eigenvalue weighted by molar-refractivity contribution is 0.195. The fourth-order valence-corrected chi connectivity index (χ4v) is 2.91. The van der Waals surface area contributed by atoms with Crippen LogP contribution in [-0.2, 0) is 6.54 Å². The molecular weight excluding hydrogens is 248 g/mol. The second-order valence-electron chi connectivity index (χ2n) is 4.11. The Bertz CT molecular complexity index is 468. The zero-order valence-electron chi connectivity index (χ0n) is 10.3. The van der Waals surface area contributed by atoms with E-state index in [2.05, 4.69) is 14.9 Å². The molecule has 0 fully saturated rings. The van der Waals surface area contributed by atoms with E-state index in [0.717, 1.165) is 16.4 Å². The summed E-state index contributed by atoms with van der Waals surface area (Å²) in [4.78, 5) is 9.83. The summed E-state index contributed by atoms with van der Waals surface area (Å²) in [6, 6.07) is 4.03. The van der Waals surface area contributed by atoms with Gasteiger partial charge in [0, 0.05) is 30.4 Å². The molecule has 0 saturated heterocycles. The molecule has 5 nitrogen and oxygen atoms in total. The molecule has 0 saturated carbocycles. The van der Waals surface area contributed by atoms with Gasteiger partial charge in [0.1, 0.15) is 11.0 Å². The minimum absolute atomic E-state index is 0.0393. The molecule has 98 valence electrons. The highest BCUT2D eigenvalue weighted by atomic mass is 32.1. The molecule has 6 heteroatoms. The molecule has 18 heavy (non-hydrogen) atoms. The number of rotatable bonds is 6. The molecule has 0 aliphatic heterocycles. The van der Waals surface area contributed by atoms with Crippen molar-refractivity contribution in [2.24, 2.45) is 5.73 Å². The van der Waals surface area contributed by atoms with Gasteiger partial charge in [0.25, 0.3) is 0 Å². The molecule has 0 aromatic carbocycles. The molecule has 1 unspecified atom stereocenters. The average Bonchev–Trinajstić information content (AvgIpc) is 3.01. The van der Waals surface area contributed by atoms with Gasteiger partial charge >= 0.3 is 0 Å². The standard InChI is InChI=1S/C12H18N4OS/c1-16(5-6-17)11(10-3-2-4-14-10)12-15-9(7-13)8-18-12/h2-4,8,11,14,17H,5-7,13H2,1H3. The van der Waals surface area contributed by atoms with Gasteiger partial charge in [-0.25, -0.2) is 4.98 Å². The van der Waals surface area contributed by atoms with Crippen molar-refractivity contribution in [1.29, 1.82) is 0 Å². The Balaban J connectivity index is 2.29. The molecule has 0 amide bonds. The molecular formula is C12H18N4OS. The Morgan fingerprint density at radius 3 is 3.00 bits per heavy atom. The van der Waals surface area contributed by atoms with Gasteiger partial charge in [-0.05, 0) is 19.2 Å². The third-order valence-corrected chi connectivity index (χ3v) is 3.77. The van der Waals surface area contributed by atoms with E-state index in [4.69, 9.17) is 10.8 Å². The number of nitrogens with zero attached hydrogens (tertiary/aromatic N) is 2. The van der Waals surface area contributed by atoms with E-state index in [1.54, 1.807) is 11.3 Å². The third-order valence-electron chi connectivity index (χ3n) is 2.82. The quantitative estimate of drug-likeness (QED) is 0.727. The fraction of sp³-hybridized carbons (Fsp3) is 0.417. The number of nitrogens with one attached hydrogen (secondary N) is 1. The lowest BCUT2D eigenvalue weighted by Crippen LogP contribution is -2.28. The maximum atomic E-state index is 9.09. The normalized spacial score (nSPS) is 13.1. The number of aromatic nitrogens is 2. The van der Waals surface area contributed by atoms with E-state index in [1.807, 2.05) is 30.8 Å². The molecule has 0 radical (unpaired) electrons. The summed E-state index contributed by atoms with van der Waals surface area (Å²) in [5.74, 6) is 0. The highest BCUT2D eigenvalue weighted by Gasteiger charge is 2.22.